The van der Waals surface area contributed by atoms with E-state index >= 15 is 0 Å². The number of rotatable bonds is 3. The molecule has 0 saturated heterocycles. The van der Waals surface area contributed by atoms with Crippen LogP contribution in [-0.2, 0) is 6.42 Å². The Bertz CT molecular complexity index is 987. The van der Waals surface area contributed by atoms with Crippen molar-refractivity contribution < 1.29 is 4.79 Å². The molecule has 5 heteroatoms. The van der Waals surface area contributed by atoms with E-state index in [0.29, 0.717) is 5.56 Å². The third-order valence-corrected chi connectivity index (χ3v) is 5.03. The fourth-order valence-electron chi connectivity index (χ4n) is 3.58. The zero-order valence-electron chi connectivity index (χ0n) is 15.7. The lowest BCUT2D eigenvalue weighted by molar-refractivity contribution is 0.0991. The van der Waals surface area contributed by atoms with Gasteiger partial charge in [-0.2, -0.15) is 5.10 Å². The second-order valence-corrected chi connectivity index (χ2v) is 7.51. The molecule has 2 aromatic heterocycles. The molecule has 0 N–H and O–H groups in total. The van der Waals surface area contributed by atoms with E-state index in [0.717, 1.165) is 35.4 Å². The van der Waals surface area contributed by atoms with Crippen LogP contribution in [0.25, 0.3) is 11.0 Å². The first-order valence-electron chi connectivity index (χ1n) is 9.25. The molecule has 0 unspecified atom stereocenters. The molecule has 1 amide bonds. The predicted molar refractivity (Wildman–Crippen MR) is 104 cm³/mol. The van der Waals surface area contributed by atoms with Gasteiger partial charge in [0.25, 0.3) is 5.91 Å². The van der Waals surface area contributed by atoms with Gasteiger partial charge in [0.15, 0.2) is 5.65 Å². The lowest BCUT2D eigenvalue weighted by Gasteiger charge is -2.19. The molecule has 3 aromatic rings. The lowest BCUT2D eigenvalue weighted by Crippen LogP contribution is -2.29. The normalized spacial score (nSPS) is 13.8. The number of para-hydroxylation sites is 1. The van der Waals surface area contributed by atoms with Gasteiger partial charge in [-0.1, -0.05) is 32.0 Å². The van der Waals surface area contributed by atoms with Crippen molar-refractivity contribution in [3.8, 4) is 0 Å². The number of hydrogen-bond donors (Lipinski definition) is 0. The first-order chi connectivity index (χ1) is 12.5. The lowest BCUT2D eigenvalue weighted by atomic mass is 10.0. The van der Waals surface area contributed by atoms with Gasteiger partial charge in [-0.05, 0) is 43.9 Å². The molecule has 1 aliphatic rings. The van der Waals surface area contributed by atoms with Crippen LogP contribution in [0, 0.1) is 0 Å². The van der Waals surface area contributed by atoms with Crippen molar-refractivity contribution in [2.75, 3.05) is 11.4 Å². The van der Waals surface area contributed by atoms with Crippen LogP contribution in [0.15, 0.2) is 36.5 Å². The summed E-state index contributed by atoms with van der Waals surface area (Å²) in [6.07, 6.45) is 2.68. The maximum absolute atomic E-state index is 13.4. The Morgan fingerprint density at radius 1 is 1.15 bits per heavy atom. The average Bonchev–Trinajstić information content (AvgIpc) is 3.24. The predicted octanol–water partition coefficient (Wildman–Crippen LogP) is 4.34. The van der Waals surface area contributed by atoms with Crippen molar-refractivity contribution in [2.45, 2.75) is 46.1 Å². The van der Waals surface area contributed by atoms with Gasteiger partial charge in [0, 0.05) is 24.0 Å². The van der Waals surface area contributed by atoms with E-state index in [1.807, 2.05) is 33.8 Å². The SMILES string of the molecule is CC(C)c1cc(C(=O)N2CCc3ccccc32)c2cnn(C(C)C)c2n1. The molecule has 4 rings (SSSR count). The number of hydrogen-bond acceptors (Lipinski definition) is 3. The molecule has 0 aliphatic carbocycles. The maximum Gasteiger partial charge on any atom is 0.259 e. The van der Waals surface area contributed by atoms with Crippen molar-refractivity contribution in [1.29, 1.82) is 0 Å². The second kappa shape index (κ2) is 6.24. The van der Waals surface area contributed by atoms with Crippen LogP contribution in [0.4, 0.5) is 5.69 Å². The Kier molecular flexibility index (Phi) is 4.02. The number of carbonyl (C=O) groups excluding carboxylic acids is 1. The minimum absolute atomic E-state index is 0.0348. The van der Waals surface area contributed by atoms with Gasteiger partial charge >= 0.3 is 0 Å². The number of pyridine rings is 1. The Balaban J connectivity index is 1.87. The van der Waals surface area contributed by atoms with Gasteiger partial charge in [0.05, 0.1) is 17.1 Å². The van der Waals surface area contributed by atoms with Crippen LogP contribution in [-0.4, -0.2) is 27.2 Å². The summed E-state index contributed by atoms with van der Waals surface area (Å²) in [7, 11) is 0. The summed E-state index contributed by atoms with van der Waals surface area (Å²) in [5.41, 5.74) is 4.66. The van der Waals surface area contributed by atoms with E-state index in [4.69, 9.17) is 4.98 Å². The topological polar surface area (TPSA) is 51.0 Å². The van der Waals surface area contributed by atoms with Crippen LogP contribution in [0.3, 0.4) is 0 Å². The number of benzene rings is 1. The molecule has 26 heavy (non-hydrogen) atoms. The zero-order chi connectivity index (χ0) is 18.4. The number of carbonyl (C=O) groups is 1. The first-order valence-corrected chi connectivity index (χ1v) is 9.25. The number of aromatic nitrogens is 3. The monoisotopic (exact) mass is 348 g/mol. The highest BCUT2D eigenvalue weighted by atomic mass is 16.2. The molecule has 0 atom stereocenters. The third kappa shape index (κ3) is 2.59. The molecule has 0 bridgehead atoms. The van der Waals surface area contributed by atoms with Gasteiger partial charge in [-0.25, -0.2) is 9.67 Å². The van der Waals surface area contributed by atoms with Crippen LogP contribution >= 0.6 is 0 Å². The molecule has 5 nitrogen and oxygen atoms in total. The van der Waals surface area contributed by atoms with Crippen molar-refractivity contribution in [1.82, 2.24) is 14.8 Å². The van der Waals surface area contributed by atoms with Crippen molar-refractivity contribution in [3.63, 3.8) is 0 Å². The largest absolute Gasteiger partial charge is 0.308 e. The summed E-state index contributed by atoms with van der Waals surface area (Å²) in [5, 5.41) is 5.32. The van der Waals surface area contributed by atoms with E-state index in [2.05, 4.69) is 38.9 Å². The molecule has 0 spiro atoms. The highest BCUT2D eigenvalue weighted by molar-refractivity contribution is 6.14. The van der Waals surface area contributed by atoms with Gasteiger partial charge in [0.2, 0.25) is 0 Å². The molecular weight excluding hydrogens is 324 g/mol. The molecule has 0 radical (unpaired) electrons. The summed E-state index contributed by atoms with van der Waals surface area (Å²) in [4.78, 5) is 20.1. The standard InChI is InChI=1S/C21H24N4O/c1-13(2)18-11-16(17-12-22-25(14(3)4)20(17)23-18)21(26)24-10-9-15-7-5-6-8-19(15)24/h5-8,11-14H,9-10H2,1-4H3. The van der Waals surface area contributed by atoms with E-state index in [1.54, 1.807) is 6.20 Å². The highest BCUT2D eigenvalue weighted by Crippen LogP contribution is 2.31. The number of amides is 1. The Morgan fingerprint density at radius 3 is 2.65 bits per heavy atom. The van der Waals surface area contributed by atoms with Crippen LogP contribution in [0.2, 0.25) is 0 Å². The Labute approximate surface area is 153 Å². The summed E-state index contributed by atoms with van der Waals surface area (Å²) < 4.78 is 1.90. The molecule has 0 fully saturated rings. The van der Waals surface area contributed by atoms with Gasteiger partial charge in [-0.3, -0.25) is 4.79 Å². The molecule has 1 aromatic carbocycles. The van der Waals surface area contributed by atoms with Crippen LogP contribution < -0.4 is 4.90 Å². The summed E-state index contributed by atoms with van der Waals surface area (Å²) >= 11 is 0. The van der Waals surface area contributed by atoms with E-state index < -0.39 is 0 Å². The zero-order valence-corrected chi connectivity index (χ0v) is 15.7. The first kappa shape index (κ1) is 16.8. The number of fused-ring (bicyclic) bond motifs is 2. The minimum atomic E-state index is 0.0348. The molecule has 0 saturated carbocycles. The molecule has 3 heterocycles. The highest BCUT2D eigenvalue weighted by Gasteiger charge is 2.28. The van der Waals surface area contributed by atoms with E-state index in [1.165, 1.54) is 5.56 Å². The van der Waals surface area contributed by atoms with Gasteiger partial charge in [-0.15, -0.1) is 0 Å². The fourth-order valence-corrected chi connectivity index (χ4v) is 3.58. The fraction of sp³-hybridized carbons (Fsp3) is 0.381. The quantitative estimate of drug-likeness (QED) is 0.707. The Morgan fingerprint density at radius 2 is 1.92 bits per heavy atom. The summed E-state index contributed by atoms with van der Waals surface area (Å²) in [6.45, 7) is 9.08. The second-order valence-electron chi connectivity index (χ2n) is 7.51. The van der Waals surface area contributed by atoms with Crippen molar-refractivity contribution >= 4 is 22.6 Å². The average molecular weight is 348 g/mol. The number of nitrogens with zero attached hydrogens (tertiary/aromatic N) is 4. The molecule has 1 aliphatic heterocycles. The number of anilines is 1. The van der Waals surface area contributed by atoms with Crippen molar-refractivity contribution in [3.05, 3.63) is 53.3 Å². The van der Waals surface area contributed by atoms with Crippen LogP contribution in [0.5, 0.6) is 0 Å². The Hall–Kier alpha value is -2.69. The van der Waals surface area contributed by atoms with Gasteiger partial charge < -0.3 is 4.90 Å². The molecule has 134 valence electrons. The maximum atomic E-state index is 13.4. The van der Waals surface area contributed by atoms with Crippen molar-refractivity contribution in [2.24, 2.45) is 0 Å². The van der Waals surface area contributed by atoms with E-state index in [-0.39, 0.29) is 17.9 Å². The summed E-state index contributed by atoms with van der Waals surface area (Å²) in [5.74, 6) is 0.278. The van der Waals surface area contributed by atoms with Crippen LogP contribution in [0.1, 0.15) is 61.3 Å². The van der Waals surface area contributed by atoms with E-state index in [9.17, 15) is 4.79 Å². The summed E-state index contributed by atoms with van der Waals surface area (Å²) in [6, 6.07) is 10.3. The molecular formula is C21H24N4O. The van der Waals surface area contributed by atoms with Gasteiger partial charge in [0.1, 0.15) is 0 Å². The smallest absolute Gasteiger partial charge is 0.259 e. The minimum Gasteiger partial charge on any atom is -0.308 e. The third-order valence-electron chi connectivity index (χ3n) is 5.03.